The van der Waals surface area contributed by atoms with Crippen LogP contribution in [0.2, 0.25) is 0 Å². The molecule has 2 aromatic rings. The topological polar surface area (TPSA) is 81.1 Å². The first kappa shape index (κ1) is 9.67. The number of rotatable bonds is 3. The van der Waals surface area contributed by atoms with Crippen molar-refractivity contribution in [3.63, 3.8) is 0 Å². The minimum absolute atomic E-state index is 0.0341. The molecule has 0 aliphatic carbocycles. The molecule has 0 unspecified atom stereocenters. The third-order valence-electron chi connectivity index (χ3n) is 2.14. The van der Waals surface area contributed by atoms with Crippen molar-refractivity contribution in [3.8, 4) is 0 Å². The first-order valence-corrected chi connectivity index (χ1v) is 4.51. The van der Waals surface area contributed by atoms with Crippen molar-refractivity contribution in [2.24, 2.45) is 5.73 Å². The van der Waals surface area contributed by atoms with Crippen LogP contribution in [-0.2, 0) is 6.54 Å². The number of primary amides is 1. The van der Waals surface area contributed by atoms with Gasteiger partial charge in [0.2, 0.25) is 0 Å². The van der Waals surface area contributed by atoms with Crippen LogP contribution < -0.4 is 5.73 Å². The Labute approximate surface area is 86.1 Å². The molecule has 0 aliphatic rings. The lowest BCUT2D eigenvalue weighted by Gasteiger charge is -1.98. The van der Waals surface area contributed by atoms with Gasteiger partial charge >= 0.3 is 0 Å². The number of carbonyl (C=O) groups is 1. The molecular formula is C10H10N3O2. The van der Waals surface area contributed by atoms with Gasteiger partial charge < -0.3 is 10.8 Å². The average molecular weight is 204 g/mol. The Morgan fingerprint density at radius 3 is 3.13 bits per heavy atom. The van der Waals surface area contributed by atoms with Gasteiger partial charge in [0.05, 0.1) is 18.7 Å². The molecule has 1 aromatic carbocycles. The van der Waals surface area contributed by atoms with Crippen LogP contribution in [0.15, 0.2) is 18.2 Å². The molecule has 1 radical (unpaired) electrons. The van der Waals surface area contributed by atoms with E-state index >= 15 is 0 Å². The van der Waals surface area contributed by atoms with E-state index in [0.29, 0.717) is 11.9 Å². The number of aliphatic hydroxyl groups is 1. The van der Waals surface area contributed by atoms with Gasteiger partial charge in [-0.25, -0.2) is 0 Å². The largest absolute Gasteiger partial charge is 0.394 e. The van der Waals surface area contributed by atoms with E-state index in [-0.39, 0.29) is 12.3 Å². The first-order chi connectivity index (χ1) is 7.24. The Morgan fingerprint density at radius 1 is 1.67 bits per heavy atom. The van der Waals surface area contributed by atoms with Crippen LogP contribution in [0.4, 0.5) is 0 Å². The summed E-state index contributed by atoms with van der Waals surface area (Å²) in [4.78, 5) is 11.1. The highest BCUT2D eigenvalue weighted by molar-refractivity contribution is 6.03. The van der Waals surface area contributed by atoms with E-state index in [1.54, 1.807) is 22.9 Å². The van der Waals surface area contributed by atoms with E-state index in [9.17, 15) is 4.79 Å². The molecule has 3 N–H and O–H groups in total. The molecule has 1 amide bonds. The number of nitrogens with zero attached hydrogens (tertiary/aromatic N) is 2. The van der Waals surface area contributed by atoms with Crippen LogP contribution in [0.25, 0.3) is 10.9 Å². The van der Waals surface area contributed by atoms with Gasteiger partial charge in [0.25, 0.3) is 5.91 Å². The number of fused-ring (bicyclic) bond motifs is 1. The van der Waals surface area contributed by atoms with Gasteiger partial charge in [-0.05, 0) is 18.2 Å². The number of amides is 1. The van der Waals surface area contributed by atoms with Gasteiger partial charge in [0, 0.05) is 5.39 Å². The number of nitrogens with two attached hydrogens (primary N) is 1. The Morgan fingerprint density at radius 2 is 2.47 bits per heavy atom. The normalized spacial score (nSPS) is 10.7. The predicted octanol–water partition coefficient (Wildman–Crippen LogP) is -0.0723. The molecule has 5 nitrogen and oxygen atoms in total. The molecule has 0 saturated carbocycles. The number of carbonyl (C=O) groups excluding carboxylic acids is 1. The standard InChI is InChI=1S/C10H10N3O2/c11-10(15)9-7-3-1-2-4-8(7)13(12-9)5-6-14/h2-4,14H,5-6H2,(H2,11,15). The van der Waals surface area contributed by atoms with Gasteiger partial charge in [-0.3, -0.25) is 9.48 Å². The zero-order valence-electron chi connectivity index (χ0n) is 7.97. The second-order valence-corrected chi connectivity index (χ2v) is 3.10. The van der Waals surface area contributed by atoms with Crippen LogP contribution in [0.5, 0.6) is 0 Å². The number of hydrogen-bond acceptors (Lipinski definition) is 3. The molecule has 1 aromatic heterocycles. The fourth-order valence-corrected chi connectivity index (χ4v) is 1.51. The van der Waals surface area contributed by atoms with Gasteiger partial charge in [-0.2, -0.15) is 5.10 Å². The molecule has 0 spiro atoms. The maximum absolute atomic E-state index is 11.1. The van der Waals surface area contributed by atoms with Gasteiger partial charge in [0.15, 0.2) is 5.69 Å². The maximum Gasteiger partial charge on any atom is 0.269 e. The minimum atomic E-state index is -0.573. The Hall–Kier alpha value is -1.88. The molecule has 77 valence electrons. The molecule has 0 fully saturated rings. The zero-order valence-corrected chi connectivity index (χ0v) is 7.97. The minimum Gasteiger partial charge on any atom is -0.394 e. The molecule has 0 atom stereocenters. The summed E-state index contributed by atoms with van der Waals surface area (Å²) in [6, 6.07) is 8.03. The summed E-state index contributed by atoms with van der Waals surface area (Å²) < 4.78 is 1.56. The van der Waals surface area contributed by atoms with Crippen LogP contribution in [0.1, 0.15) is 10.5 Å². The second kappa shape index (κ2) is 3.70. The third-order valence-corrected chi connectivity index (χ3v) is 2.14. The Kier molecular flexibility index (Phi) is 2.39. The SMILES string of the molecule is NC(=O)c1nn(CCO)c2cc[c]cc12. The van der Waals surface area contributed by atoms with Crippen LogP contribution >= 0.6 is 0 Å². The first-order valence-electron chi connectivity index (χ1n) is 4.51. The Balaban J connectivity index is 2.67. The van der Waals surface area contributed by atoms with Crippen molar-refractivity contribution in [1.29, 1.82) is 0 Å². The van der Waals surface area contributed by atoms with Crippen molar-refractivity contribution in [3.05, 3.63) is 30.0 Å². The second-order valence-electron chi connectivity index (χ2n) is 3.10. The number of benzene rings is 1. The summed E-state index contributed by atoms with van der Waals surface area (Å²) in [6.07, 6.45) is 0. The van der Waals surface area contributed by atoms with Crippen molar-refractivity contribution >= 4 is 16.8 Å². The van der Waals surface area contributed by atoms with Crippen molar-refractivity contribution < 1.29 is 9.90 Å². The molecule has 0 bridgehead atoms. The summed E-state index contributed by atoms with van der Waals surface area (Å²) in [5, 5.41) is 13.5. The maximum atomic E-state index is 11.1. The molecule has 0 aliphatic heterocycles. The molecule has 5 heteroatoms. The highest BCUT2D eigenvalue weighted by Crippen LogP contribution is 2.17. The Bertz CT molecular complexity index is 504. The van der Waals surface area contributed by atoms with E-state index in [2.05, 4.69) is 11.2 Å². The number of aliphatic hydroxyl groups excluding tert-OH is 1. The van der Waals surface area contributed by atoms with Crippen LogP contribution in [0.3, 0.4) is 0 Å². The van der Waals surface area contributed by atoms with Crippen molar-refractivity contribution in [2.45, 2.75) is 6.54 Å². The lowest BCUT2D eigenvalue weighted by molar-refractivity contribution is 0.0996. The summed E-state index contributed by atoms with van der Waals surface area (Å²) in [6.45, 7) is 0.307. The molecule has 0 saturated heterocycles. The average Bonchev–Trinajstić information content (AvgIpc) is 2.59. The van der Waals surface area contributed by atoms with Gasteiger partial charge in [0.1, 0.15) is 0 Å². The van der Waals surface area contributed by atoms with Gasteiger partial charge in [-0.15, -0.1) is 0 Å². The molecule has 15 heavy (non-hydrogen) atoms. The van der Waals surface area contributed by atoms with Crippen LogP contribution in [-0.4, -0.2) is 27.4 Å². The van der Waals surface area contributed by atoms with E-state index in [1.165, 1.54) is 0 Å². The van der Waals surface area contributed by atoms with Crippen molar-refractivity contribution in [1.82, 2.24) is 9.78 Å². The summed E-state index contributed by atoms with van der Waals surface area (Å²) in [5.74, 6) is -0.573. The quantitative estimate of drug-likeness (QED) is 0.734. The number of aromatic nitrogens is 2. The zero-order chi connectivity index (χ0) is 10.8. The van der Waals surface area contributed by atoms with Crippen LogP contribution in [0, 0.1) is 6.07 Å². The van der Waals surface area contributed by atoms with Gasteiger partial charge in [-0.1, -0.05) is 6.07 Å². The molecule has 2 rings (SSSR count). The molecular weight excluding hydrogens is 194 g/mol. The van der Waals surface area contributed by atoms with E-state index < -0.39 is 5.91 Å². The monoisotopic (exact) mass is 204 g/mol. The highest BCUT2D eigenvalue weighted by Gasteiger charge is 2.13. The lowest BCUT2D eigenvalue weighted by atomic mass is 10.2. The van der Waals surface area contributed by atoms with E-state index in [1.807, 2.05) is 0 Å². The molecule has 1 heterocycles. The smallest absolute Gasteiger partial charge is 0.269 e. The summed E-state index contributed by atoms with van der Waals surface area (Å²) >= 11 is 0. The van der Waals surface area contributed by atoms with E-state index in [0.717, 1.165) is 5.52 Å². The van der Waals surface area contributed by atoms with E-state index in [4.69, 9.17) is 10.8 Å². The highest BCUT2D eigenvalue weighted by atomic mass is 16.3. The summed E-state index contributed by atoms with van der Waals surface area (Å²) in [7, 11) is 0. The lowest BCUT2D eigenvalue weighted by Crippen LogP contribution is -2.13. The summed E-state index contributed by atoms with van der Waals surface area (Å²) in [5.41, 5.74) is 6.19. The van der Waals surface area contributed by atoms with Crippen molar-refractivity contribution in [2.75, 3.05) is 6.61 Å². The number of hydrogen-bond donors (Lipinski definition) is 2. The third kappa shape index (κ3) is 1.57. The fourth-order valence-electron chi connectivity index (χ4n) is 1.51. The predicted molar refractivity (Wildman–Crippen MR) is 54.2 cm³/mol. The fraction of sp³-hybridized carbons (Fsp3) is 0.200.